The zero-order valence-electron chi connectivity index (χ0n) is 12.4. The van der Waals surface area contributed by atoms with Gasteiger partial charge in [0.1, 0.15) is 0 Å². The molecule has 4 nitrogen and oxygen atoms in total. The molecule has 0 aliphatic carbocycles. The second-order valence-corrected chi connectivity index (χ2v) is 5.72. The minimum Gasteiger partial charge on any atom is -0.459 e. The number of benzene rings is 1. The van der Waals surface area contributed by atoms with E-state index in [9.17, 15) is 4.79 Å². The summed E-state index contributed by atoms with van der Waals surface area (Å²) in [7, 11) is 0. The van der Waals surface area contributed by atoms with Crippen molar-refractivity contribution in [2.75, 3.05) is 11.5 Å². The Balaban J connectivity index is 3.21. The third-order valence-electron chi connectivity index (χ3n) is 3.34. The Morgan fingerprint density at radius 3 is 2.11 bits per heavy atom. The van der Waals surface area contributed by atoms with Crippen LogP contribution >= 0.6 is 0 Å². The van der Waals surface area contributed by atoms with Crippen LogP contribution in [0.25, 0.3) is 0 Å². The Morgan fingerprint density at radius 2 is 1.74 bits per heavy atom. The topological polar surface area (TPSA) is 78.3 Å². The fourth-order valence-corrected chi connectivity index (χ4v) is 2.05. The lowest BCUT2D eigenvalue weighted by molar-refractivity contribution is 0.0378. The average molecular weight is 264 g/mol. The van der Waals surface area contributed by atoms with Crippen LogP contribution in [-0.2, 0) is 10.2 Å². The summed E-state index contributed by atoms with van der Waals surface area (Å²) < 4.78 is 5.15. The Bertz CT molecular complexity index is 456. The molecule has 0 unspecified atom stereocenters. The van der Waals surface area contributed by atoms with E-state index in [1.165, 1.54) is 0 Å². The van der Waals surface area contributed by atoms with Crippen LogP contribution in [0.3, 0.4) is 0 Å². The fraction of sp³-hybridized carbons (Fsp3) is 0.533. The fourth-order valence-electron chi connectivity index (χ4n) is 2.05. The van der Waals surface area contributed by atoms with Gasteiger partial charge >= 0.3 is 5.97 Å². The Morgan fingerprint density at radius 1 is 1.26 bits per heavy atom. The molecule has 0 saturated carbocycles. The largest absolute Gasteiger partial charge is 0.459 e. The zero-order chi connectivity index (χ0) is 14.8. The van der Waals surface area contributed by atoms with Crippen molar-refractivity contribution in [3.63, 3.8) is 0 Å². The monoisotopic (exact) mass is 264 g/mol. The van der Waals surface area contributed by atoms with Gasteiger partial charge in [0.2, 0.25) is 0 Å². The van der Waals surface area contributed by atoms with Gasteiger partial charge < -0.3 is 16.2 Å². The number of esters is 1. The van der Waals surface area contributed by atoms with E-state index in [-0.39, 0.29) is 11.5 Å². The van der Waals surface area contributed by atoms with Gasteiger partial charge in [0.15, 0.2) is 0 Å². The van der Waals surface area contributed by atoms with Gasteiger partial charge in [0.05, 0.1) is 11.7 Å². The SMILES string of the molecule is CCC(C)(C)c1c(N)cc(C(=O)OC(C)C)cc1N. The van der Waals surface area contributed by atoms with Crippen LogP contribution in [0.1, 0.15) is 57.0 Å². The van der Waals surface area contributed by atoms with E-state index >= 15 is 0 Å². The molecule has 0 spiro atoms. The minimum absolute atomic E-state index is 0.116. The maximum absolute atomic E-state index is 11.9. The van der Waals surface area contributed by atoms with Crippen LogP contribution in [0.4, 0.5) is 11.4 Å². The number of carbonyl (C=O) groups excluding carboxylic acids is 1. The van der Waals surface area contributed by atoms with Gasteiger partial charge in [-0.3, -0.25) is 0 Å². The molecule has 4 heteroatoms. The van der Waals surface area contributed by atoms with Crippen molar-refractivity contribution in [3.05, 3.63) is 23.3 Å². The van der Waals surface area contributed by atoms with Gasteiger partial charge in [-0.2, -0.15) is 0 Å². The van der Waals surface area contributed by atoms with E-state index < -0.39 is 5.97 Å². The molecule has 1 aromatic rings. The summed E-state index contributed by atoms with van der Waals surface area (Å²) in [5, 5.41) is 0. The number of anilines is 2. The van der Waals surface area contributed by atoms with E-state index in [1.54, 1.807) is 26.0 Å². The molecule has 0 radical (unpaired) electrons. The summed E-state index contributed by atoms with van der Waals surface area (Å²) in [6, 6.07) is 3.29. The first-order chi connectivity index (χ1) is 8.69. The number of ether oxygens (including phenoxy) is 1. The molecule has 0 amide bonds. The highest BCUT2D eigenvalue weighted by molar-refractivity contribution is 5.92. The van der Waals surface area contributed by atoms with Gasteiger partial charge in [0.25, 0.3) is 0 Å². The molecule has 0 saturated heterocycles. The highest BCUT2D eigenvalue weighted by atomic mass is 16.5. The lowest BCUT2D eigenvalue weighted by atomic mass is 9.80. The summed E-state index contributed by atoms with van der Waals surface area (Å²) >= 11 is 0. The Labute approximate surface area is 115 Å². The number of hydrogen-bond donors (Lipinski definition) is 2. The number of nitrogen functional groups attached to an aromatic ring is 2. The van der Waals surface area contributed by atoms with E-state index in [1.807, 2.05) is 0 Å². The van der Waals surface area contributed by atoms with Crippen molar-refractivity contribution in [2.45, 2.75) is 52.6 Å². The highest BCUT2D eigenvalue weighted by Gasteiger charge is 2.25. The maximum atomic E-state index is 11.9. The Hall–Kier alpha value is -1.71. The van der Waals surface area contributed by atoms with Crippen molar-refractivity contribution in [3.8, 4) is 0 Å². The third-order valence-corrected chi connectivity index (χ3v) is 3.34. The van der Waals surface area contributed by atoms with Crippen LogP contribution in [0, 0.1) is 0 Å². The molecule has 4 N–H and O–H groups in total. The normalized spacial score (nSPS) is 11.7. The molecule has 1 rings (SSSR count). The minimum atomic E-state index is -0.394. The molecular weight excluding hydrogens is 240 g/mol. The van der Waals surface area contributed by atoms with E-state index in [4.69, 9.17) is 16.2 Å². The molecule has 0 bridgehead atoms. The smallest absolute Gasteiger partial charge is 0.338 e. The predicted molar refractivity (Wildman–Crippen MR) is 79.1 cm³/mol. The average Bonchev–Trinajstić information content (AvgIpc) is 2.26. The first-order valence-electron chi connectivity index (χ1n) is 6.59. The molecule has 1 aromatic carbocycles. The van der Waals surface area contributed by atoms with Gasteiger partial charge in [-0.1, -0.05) is 20.8 Å². The first kappa shape index (κ1) is 15.3. The third kappa shape index (κ3) is 3.40. The molecule has 0 atom stereocenters. The molecule has 0 aliphatic heterocycles. The molecule has 0 heterocycles. The van der Waals surface area contributed by atoms with Crippen molar-refractivity contribution in [1.29, 1.82) is 0 Å². The van der Waals surface area contributed by atoms with Crippen LogP contribution in [0.15, 0.2) is 12.1 Å². The van der Waals surface area contributed by atoms with Gasteiger partial charge in [-0.15, -0.1) is 0 Å². The van der Waals surface area contributed by atoms with E-state index in [0.717, 1.165) is 12.0 Å². The molecule has 0 aliphatic rings. The zero-order valence-corrected chi connectivity index (χ0v) is 12.4. The molecule has 0 fully saturated rings. The van der Waals surface area contributed by atoms with Crippen LogP contribution in [0.5, 0.6) is 0 Å². The molecule has 106 valence electrons. The van der Waals surface area contributed by atoms with Crippen molar-refractivity contribution < 1.29 is 9.53 Å². The summed E-state index contributed by atoms with van der Waals surface area (Å²) in [6.45, 7) is 9.86. The predicted octanol–water partition coefficient (Wildman–Crippen LogP) is 3.10. The summed E-state index contributed by atoms with van der Waals surface area (Å²) in [6.07, 6.45) is 0.749. The van der Waals surface area contributed by atoms with Crippen molar-refractivity contribution in [1.82, 2.24) is 0 Å². The van der Waals surface area contributed by atoms with Gasteiger partial charge in [-0.05, 0) is 37.8 Å². The molecule has 0 aromatic heterocycles. The lowest BCUT2D eigenvalue weighted by Crippen LogP contribution is -2.21. The second kappa shape index (κ2) is 5.51. The highest BCUT2D eigenvalue weighted by Crippen LogP contribution is 2.36. The maximum Gasteiger partial charge on any atom is 0.338 e. The van der Waals surface area contributed by atoms with Crippen LogP contribution in [0.2, 0.25) is 0 Å². The lowest BCUT2D eigenvalue weighted by Gasteiger charge is -2.27. The van der Waals surface area contributed by atoms with Crippen LogP contribution in [-0.4, -0.2) is 12.1 Å². The first-order valence-corrected chi connectivity index (χ1v) is 6.59. The number of carbonyl (C=O) groups is 1. The number of rotatable bonds is 4. The van der Waals surface area contributed by atoms with E-state index in [0.29, 0.717) is 16.9 Å². The molecule has 19 heavy (non-hydrogen) atoms. The number of nitrogens with two attached hydrogens (primary N) is 2. The summed E-state index contributed by atoms with van der Waals surface area (Å²) in [5.41, 5.74) is 14.4. The van der Waals surface area contributed by atoms with Crippen molar-refractivity contribution >= 4 is 17.3 Å². The van der Waals surface area contributed by atoms with Crippen molar-refractivity contribution in [2.24, 2.45) is 0 Å². The van der Waals surface area contributed by atoms with Crippen LogP contribution < -0.4 is 11.5 Å². The van der Waals surface area contributed by atoms with Gasteiger partial charge in [-0.25, -0.2) is 4.79 Å². The molecular formula is C15H24N2O2. The summed E-state index contributed by atoms with van der Waals surface area (Å²) in [4.78, 5) is 11.9. The van der Waals surface area contributed by atoms with E-state index in [2.05, 4.69) is 20.8 Å². The number of hydrogen-bond acceptors (Lipinski definition) is 4. The standard InChI is InChI=1S/C15H24N2O2/c1-6-15(4,5)13-11(16)7-10(8-12(13)17)14(18)19-9(2)3/h7-9H,6,16-17H2,1-5H3. The second-order valence-electron chi connectivity index (χ2n) is 5.72. The summed E-state index contributed by atoms with van der Waals surface area (Å²) in [5.74, 6) is -0.394. The quantitative estimate of drug-likeness (QED) is 0.647. The van der Waals surface area contributed by atoms with Gasteiger partial charge in [0, 0.05) is 16.9 Å². The Kier molecular flexibility index (Phi) is 4.45.